The molecule has 0 bridgehead atoms. The van der Waals surface area contributed by atoms with Gasteiger partial charge in [-0.2, -0.15) is 0 Å². The Morgan fingerprint density at radius 2 is 0.909 bits per heavy atom. The van der Waals surface area contributed by atoms with Crippen molar-refractivity contribution in [1.82, 2.24) is 0 Å². The van der Waals surface area contributed by atoms with Gasteiger partial charge < -0.3 is 0 Å². The topological polar surface area (TPSA) is 0 Å². The first kappa shape index (κ1) is 17.0. The van der Waals surface area contributed by atoms with Gasteiger partial charge in [0.25, 0.3) is 0 Å². The van der Waals surface area contributed by atoms with Crippen molar-refractivity contribution in [2.45, 2.75) is 75.2 Å². The van der Waals surface area contributed by atoms with Crippen molar-refractivity contribution in [3.63, 3.8) is 0 Å². The fourth-order valence-corrected chi connectivity index (χ4v) is 26.0. The van der Waals surface area contributed by atoms with E-state index in [9.17, 15) is 0 Å². The number of fused-ring (bicyclic) bond motifs is 2. The van der Waals surface area contributed by atoms with Gasteiger partial charge >= 0.3 is 156 Å². The Morgan fingerprint density at radius 1 is 0.591 bits per heavy atom. The van der Waals surface area contributed by atoms with E-state index in [2.05, 4.69) is 41.5 Å². The van der Waals surface area contributed by atoms with Crippen molar-refractivity contribution >= 4 is 34.1 Å². The van der Waals surface area contributed by atoms with Gasteiger partial charge in [-0.3, -0.25) is 0 Å². The van der Waals surface area contributed by atoms with Crippen LogP contribution >= 0.6 is 0 Å². The molecule has 0 aromatic carbocycles. The molecule has 0 unspecified atom stereocenters. The molecular formula is C20H34Te2. The summed E-state index contributed by atoms with van der Waals surface area (Å²) in [5.41, 5.74) is 1.44. The van der Waals surface area contributed by atoms with E-state index in [-0.39, 0.29) is 0 Å². The molecule has 22 heavy (non-hydrogen) atoms. The molecule has 0 nitrogen and oxygen atoms in total. The molecule has 4 fully saturated rings. The van der Waals surface area contributed by atoms with Crippen LogP contribution in [0.25, 0.3) is 0 Å². The average Bonchev–Trinajstić information content (AvgIpc) is 3.18. The summed E-state index contributed by atoms with van der Waals surface area (Å²) in [6.45, 7) is 15.4. The first-order valence-electron chi connectivity index (χ1n) is 9.55. The Hall–Kier alpha value is 1.58. The molecule has 0 aromatic heterocycles. The predicted octanol–water partition coefficient (Wildman–Crippen LogP) is 5.29. The first-order valence-corrected chi connectivity index (χ1v) is 19.6. The van der Waals surface area contributed by atoms with Gasteiger partial charge in [0.2, 0.25) is 0 Å². The van der Waals surface area contributed by atoms with Crippen molar-refractivity contribution in [3.05, 3.63) is 0 Å². The molecule has 0 radical (unpaired) electrons. The quantitative estimate of drug-likeness (QED) is 0.436. The second kappa shape index (κ2) is 5.54. The third kappa shape index (κ3) is 2.66. The van der Waals surface area contributed by atoms with E-state index in [0.717, 1.165) is 46.3 Å². The summed E-state index contributed by atoms with van der Waals surface area (Å²) in [7, 11) is 0. The zero-order chi connectivity index (χ0) is 15.9. The van der Waals surface area contributed by atoms with Crippen LogP contribution in [0.2, 0.25) is 7.93 Å². The fraction of sp³-hybridized carbons (Fsp3) is 1.00. The Bertz CT molecular complexity index is 413. The summed E-state index contributed by atoms with van der Waals surface area (Å²) in [6, 6.07) is 0. The molecule has 4 aliphatic carbocycles. The Morgan fingerprint density at radius 3 is 1.27 bits per heavy atom. The Labute approximate surface area is 154 Å². The molecule has 2 heteroatoms. The van der Waals surface area contributed by atoms with Crippen LogP contribution in [-0.4, -0.2) is 34.1 Å². The molecule has 0 amide bonds. The van der Waals surface area contributed by atoms with Gasteiger partial charge in [-0.1, -0.05) is 0 Å². The predicted molar refractivity (Wildman–Crippen MR) is 97.3 cm³/mol. The molecule has 0 aliphatic heterocycles. The summed E-state index contributed by atoms with van der Waals surface area (Å²) in [5.74, 6) is 6.63. The van der Waals surface area contributed by atoms with Gasteiger partial charge in [0.05, 0.1) is 0 Å². The molecule has 4 aliphatic rings. The first-order chi connectivity index (χ1) is 10.2. The SMILES string of the molecule is C[C@@H]1C[C@H]2[C@@H](C[C@@H]1[Te][Te][C@H]1C[C@@H]3[C@H](C[C@H]1C)C3(C)C)C2(C)C. The van der Waals surface area contributed by atoms with Crippen molar-refractivity contribution < 1.29 is 0 Å². The van der Waals surface area contributed by atoms with E-state index in [0.29, 0.717) is 34.1 Å². The van der Waals surface area contributed by atoms with Crippen LogP contribution < -0.4 is 0 Å². The molecule has 4 saturated carbocycles. The van der Waals surface area contributed by atoms with E-state index in [1.165, 1.54) is 7.93 Å². The van der Waals surface area contributed by atoms with Crippen LogP contribution in [0.3, 0.4) is 0 Å². The maximum atomic E-state index is 2.61. The van der Waals surface area contributed by atoms with Crippen molar-refractivity contribution in [3.8, 4) is 0 Å². The zero-order valence-corrected chi connectivity index (χ0v) is 19.9. The van der Waals surface area contributed by atoms with Gasteiger partial charge in [0, 0.05) is 0 Å². The molecular weight excluding hydrogens is 495 g/mol. The molecule has 4 rings (SSSR count). The van der Waals surface area contributed by atoms with E-state index in [1.54, 1.807) is 25.7 Å². The Kier molecular flexibility index (Phi) is 4.28. The average molecular weight is 530 g/mol. The zero-order valence-electron chi connectivity index (χ0n) is 15.3. The number of hydrogen-bond donors (Lipinski definition) is 0. The molecule has 0 aromatic rings. The summed E-state index contributed by atoms with van der Waals surface area (Å²) >= 11 is 0.732. The minimum absolute atomic E-state index is 0.366. The third-order valence-electron chi connectivity index (χ3n) is 8.37. The van der Waals surface area contributed by atoms with Crippen LogP contribution in [-0.2, 0) is 0 Å². The van der Waals surface area contributed by atoms with Crippen molar-refractivity contribution in [1.29, 1.82) is 0 Å². The van der Waals surface area contributed by atoms with Crippen molar-refractivity contribution in [2.75, 3.05) is 0 Å². The van der Waals surface area contributed by atoms with E-state index < -0.39 is 0 Å². The molecule has 126 valence electrons. The number of hydrogen-bond acceptors (Lipinski definition) is 0. The third-order valence-corrected chi connectivity index (χ3v) is 25.4. The van der Waals surface area contributed by atoms with Gasteiger partial charge in [-0.15, -0.1) is 0 Å². The minimum atomic E-state index is 0.366. The van der Waals surface area contributed by atoms with Gasteiger partial charge in [0.15, 0.2) is 0 Å². The van der Waals surface area contributed by atoms with Gasteiger partial charge in [-0.25, -0.2) is 0 Å². The van der Waals surface area contributed by atoms with Crippen LogP contribution in [0.1, 0.15) is 67.2 Å². The van der Waals surface area contributed by atoms with Crippen LogP contribution in [0.15, 0.2) is 0 Å². The van der Waals surface area contributed by atoms with E-state index in [1.807, 2.05) is 0 Å². The molecule has 8 atom stereocenters. The second-order valence-corrected chi connectivity index (χ2v) is 22.2. The monoisotopic (exact) mass is 534 g/mol. The van der Waals surface area contributed by atoms with Crippen LogP contribution in [0, 0.1) is 46.3 Å². The molecule has 0 spiro atoms. The molecule has 0 heterocycles. The standard InChI is InChI=1S/C20H34Te2/c1-11-7-13-15(19(13,3)4)9-17(11)21-22-18-10-16-14(8-12(18)2)20(16,5)6/h11-18H,7-10H2,1-6H3/t11-,12-,13+,14+,15-,16-,17+,18+/m1/s1. The van der Waals surface area contributed by atoms with E-state index >= 15 is 0 Å². The van der Waals surface area contributed by atoms with Crippen LogP contribution in [0.5, 0.6) is 0 Å². The fourth-order valence-electron chi connectivity index (χ4n) is 6.07. The second-order valence-electron chi connectivity index (χ2n) is 10.2. The summed E-state index contributed by atoms with van der Waals surface area (Å²) in [6.07, 6.45) is 6.45. The summed E-state index contributed by atoms with van der Waals surface area (Å²) < 4.78 is 2.46. The molecule has 0 N–H and O–H groups in total. The van der Waals surface area contributed by atoms with Crippen LogP contribution in [0.4, 0.5) is 0 Å². The van der Waals surface area contributed by atoms with E-state index in [4.69, 9.17) is 0 Å². The normalized spacial score (nSPS) is 54.3. The maximum absolute atomic E-state index is 2.61. The van der Waals surface area contributed by atoms with Crippen molar-refractivity contribution in [2.24, 2.45) is 46.3 Å². The van der Waals surface area contributed by atoms with Gasteiger partial charge in [-0.05, 0) is 0 Å². The summed E-state index contributed by atoms with van der Waals surface area (Å²) in [5, 5.41) is 0. The number of rotatable bonds is 3. The van der Waals surface area contributed by atoms with Gasteiger partial charge in [0.1, 0.15) is 0 Å². The molecule has 0 saturated heterocycles. The Balaban J connectivity index is 1.31. The summed E-state index contributed by atoms with van der Waals surface area (Å²) in [4.78, 5) is 0.